The first kappa shape index (κ1) is 23.4. The maximum atomic E-state index is 13.2. The van der Waals surface area contributed by atoms with Crippen LogP contribution in [0.4, 0.5) is 5.69 Å². The van der Waals surface area contributed by atoms with Crippen LogP contribution < -0.4 is 10.3 Å². The maximum absolute atomic E-state index is 13.2. The molecule has 5 rings (SSSR count). The number of anilines is 1. The molecular weight excluding hydrogens is 438 g/mol. The predicted octanol–water partition coefficient (Wildman–Crippen LogP) is 3.28. The Bertz CT molecular complexity index is 1120. The Kier molecular flexibility index (Phi) is 6.52. The number of carbonyl (C=O) groups is 2. The Morgan fingerprint density at radius 2 is 1.69 bits per heavy atom. The molecule has 2 saturated heterocycles. The zero-order valence-corrected chi connectivity index (χ0v) is 20.9. The predicted molar refractivity (Wildman–Crippen MR) is 137 cm³/mol. The van der Waals surface area contributed by atoms with Gasteiger partial charge in [0.2, 0.25) is 5.91 Å². The average Bonchev–Trinajstić information content (AvgIpc) is 3.31. The molecule has 2 unspecified atom stereocenters. The molecule has 2 fully saturated rings. The van der Waals surface area contributed by atoms with Gasteiger partial charge in [-0.05, 0) is 56.0 Å². The number of nitrogens with one attached hydrogen (secondary N) is 1. The molecule has 184 valence electrons. The average molecular weight is 474 g/mol. The summed E-state index contributed by atoms with van der Waals surface area (Å²) in [5, 5.41) is 1.92. The van der Waals surface area contributed by atoms with Crippen LogP contribution in [0.2, 0.25) is 0 Å². The van der Waals surface area contributed by atoms with E-state index < -0.39 is 0 Å². The van der Waals surface area contributed by atoms with Crippen molar-refractivity contribution >= 4 is 17.5 Å². The molecule has 3 aliphatic rings. The van der Waals surface area contributed by atoms with Crippen LogP contribution in [0.25, 0.3) is 0 Å². The summed E-state index contributed by atoms with van der Waals surface area (Å²) in [6.07, 6.45) is 4.80. The first-order valence-corrected chi connectivity index (χ1v) is 12.6. The summed E-state index contributed by atoms with van der Waals surface area (Å²) in [4.78, 5) is 32.0. The van der Waals surface area contributed by atoms with Crippen LogP contribution in [0, 0.1) is 20.8 Å². The van der Waals surface area contributed by atoms with Gasteiger partial charge in [-0.15, -0.1) is 0 Å². The third kappa shape index (κ3) is 4.91. The second kappa shape index (κ2) is 9.74. The molecule has 1 N–H and O–H groups in total. The summed E-state index contributed by atoms with van der Waals surface area (Å²) in [5.41, 5.74) is 9.66. The summed E-state index contributed by atoms with van der Waals surface area (Å²) in [6.45, 7) is 9.84. The molecule has 35 heavy (non-hydrogen) atoms. The Morgan fingerprint density at radius 1 is 0.943 bits per heavy atom. The van der Waals surface area contributed by atoms with Gasteiger partial charge in [0.15, 0.2) is 0 Å². The van der Waals surface area contributed by atoms with Gasteiger partial charge in [0.25, 0.3) is 5.91 Å². The normalized spacial score (nSPS) is 22.1. The smallest absolute Gasteiger partial charge is 0.250 e. The van der Waals surface area contributed by atoms with Gasteiger partial charge in [-0.1, -0.05) is 35.9 Å². The van der Waals surface area contributed by atoms with Crippen molar-refractivity contribution in [1.29, 1.82) is 0 Å². The third-order valence-corrected chi connectivity index (χ3v) is 7.61. The van der Waals surface area contributed by atoms with E-state index in [0.717, 1.165) is 19.5 Å². The lowest BCUT2D eigenvalue weighted by Gasteiger charge is -2.37. The third-order valence-electron chi connectivity index (χ3n) is 7.61. The number of aryl methyl sites for hydroxylation is 3. The molecule has 0 bridgehead atoms. The van der Waals surface area contributed by atoms with Crippen molar-refractivity contribution < 1.29 is 9.59 Å². The standard InChI is InChI=1S/C28H35N5O2/c1-20-4-8-24(9-5-20)30-12-14-31(15-13-30)27(34)10-11-32-16-17-33-26(28(32)35)19-25(29-33)23-7-6-21(2)22(3)18-23/h4-9,16-18,25-26,29H,10-15,19H2,1-3H3. The van der Waals surface area contributed by atoms with E-state index in [9.17, 15) is 9.59 Å². The van der Waals surface area contributed by atoms with Crippen LogP contribution >= 0.6 is 0 Å². The number of benzene rings is 2. The number of rotatable bonds is 5. The van der Waals surface area contributed by atoms with Gasteiger partial charge in [0.05, 0.1) is 6.04 Å². The number of nitrogens with zero attached hydrogens (tertiary/aromatic N) is 4. The lowest BCUT2D eigenvalue weighted by atomic mass is 9.97. The van der Waals surface area contributed by atoms with E-state index in [4.69, 9.17) is 0 Å². The summed E-state index contributed by atoms with van der Waals surface area (Å²) < 4.78 is 0. The lowest BCUT2D eigenvalue weighted by Crippen LogP contribution is -2.50. The molecule has 0 spiro atoms. The minimum absolute atomic E-state index is 0.0586. The number of amides is 2. The Balaban J connectivity index is 1.12. The molecular formula is C28H35N5O2. The number of hydrogen-bond donors (Lipinski definition) is 1. The van der Waals surface area contributed by atoms with Crippen LogP contribution in [-0.2, 0) is 9.59 Å². The first-order valence-electron chi connectivity index (χ1n) is 12.6. The minimum atomic E-state index is -0.236. The number of carbonyl (C=O) groups excluding carboxylic acids is 2. The van der Waals surface area contributed by atoms with E-state index in [1.165, 1.54) is 27.9 Å². The summed E-state index contributed by atoms with van der Waals surface area (Å²) in [7, 11) is 0. The fraction of sp³-hybridized carbons (Fsp3) is 0.429. The van der Waals surface area contributed by atoms with E-state index in [-0.39, 0.29) is 23.9 Å². The van der Waals surface area contributed by atoms with Gasteiger partial charge in [-0.3, -0.25) is 9.59 Å². The van der Waals surface area contributed by atoms with Crippen LogP contribution in [0.5, 0.6) is 0 Å². The van der Waals surface area contributed by atoms with E-state index in [0.29, 0.717) is 26.1 Å². The van der Waals surface area contributed by atoms with E-state index in [1.807, 2.05) is 16.1 Å². The maximum Gasteiger partial charge on any atom is 0.250 e. The highest BCUT2D eigenvalue weighted by atomic mass is 16.2. The Hall–Kier alpha value is -3.32. The van der Waals surface area contributed by atoms with Crippen LogP contribution in [-0.4, -0.2) is 65.4 Å². The molecule has 2 amide bonds. The molecule has 0 radical (unpaired) electrons. The molecule has 7 nitrogen and oxygen atoms in total. The van der Waals surface area contributed by atoms with Crippen LogP contribution in [0.1, 0.15) is 41.1 Å². The lowest BCUT2D eigenvalue weighted by molar-refractivity contribution is -0.136. The van der Waals surface area contributed by atoms with E-state index >= 15 is 0 Å². The van der Waals surface area contributed by atoms with Crippen molar-refractivity contribution in [3.05, 3.63) is 77.1 Å². The van der Waals surface area contributed by atoms with Crippen molar-refractivity contribution in [2.75, 3.05) is 37.6 Å². The Labute approximate surface area is 208 Å². The van der Waals surface area contributed by atoms with Crippen molar-refractivity contribution in [3.8, 4) is 0 Å². The SMILES string of the molecule is Cc1ccc(N2CCN(C(=O)CCN3C=CN4NC(c5ccc(C)c(C)c5)CC4C3=O)CC2)cc1. The van der Waals surface area contributed by atoms with Gasteiger partial charge in [-0.2, -0.15) is 0 Å². The summed E-state index contributed by atoms with van der Waals surface area (Å²) in [5.74, 6) is 0.179. The van der Waals surface area contributed by atoms with Crippen molar-refractivity contribution in [2.45, 2.75) is 45.7 Å². The Morgan fingerprint density at radius 3 is 2.40 bits per heavy atom. The van der Waals surface area contributed by atoms with Crippen molar-refractivity contribution in [2.24, 2.45) is 0 Å². The highest BCUT2D eigenvalue weighted by Crippen LogP contribution is 2.31. The van der Waals surface area contributed by atoms with Crippen LogP contribution in [0.15, 0.2) is 54.9 Å². The van der Waals surface area contributed by atoms with Gasteiger partial charge in [0.1, 0.15) is 6.04 Å². The number of hydrogen-bond acceptors (Lipinski definition) is 5. The highest BCUT2D eigenvalue weighted by Gasteiger charge is 2.40. The van der Waals surface area contributed by atoms with Gasteiger partial charge >= 0.3 is 0 Å². The van der Waals surface area contributed by atoms with Gasteiger partial charge in [0, 0.05) is 57.2 Å². The van der Waals surface area contributed by atoms with E-state index in [2.05, 4.69) is 73.6 Å². The van der Waals surface area contributed by atoms with E-state index in [1.54, 1.807) is 11.1 Å². The molecule has 2 atom stereocenters. The molecule has 3 aliphatic heterocycles. The van der Waals surface area contributed by atoms with Crippen LogP contribution in [0.3, 0.4) is 0 Å². The second-order valence-corrected chi connectivity index (χ2v) is 9.97. The van der Waals surface area contributed by atoms with Gasteiger partial charge in [-0.25, -0.2) is 5.43 Å². The fourth-order valence-electron chi connectivity index (χ4n) is 5.16. The number of piperazine rings is 1. The van der Waals surface area contributed by atoms with Crippen molar-refractivity contribution in [1.82, 2.24) is 20.2 Å². The largest absolute Gasteiger partial charge is 0.368 e. The minimum Gasteiger partial charge on any atom is -0.368 e. The van der Waals surface area contributed by atoms with Gasteiger partial charge < -0.3 is 19.7 Å². The van der Waals surface area contributed by atoms with Crippen molar-refractivity contribution in [3.63, 3.8) is 0 Å². The molecule has 0 aliphatic carbocycles. The summed E-state index contributed by atoms with van der Waals surface area (Å²) in [6, 6.07) is 14.9. The molecule has 0 saturated carbocycles. The monoisotopic (exact) mass is 473 g/mol. The summed E-state index contributed by atoms with van der Waals surface area (Å²) >= 11 is 0. The molecule has 7 heteroatoms. The topological polar surface area (TPSA) is 59.1 Å². The number of hydrazine groups is 1. The number of fused-ring (bicyclic) bond motifs is 1. The quantitative estimate of drug-likeness (QED) is 0.722. The molecule has 0 aromatic heterocycles. The zero-order chi connectivity index (χ0) is 24.5. The second-order valence-electron chi connectivity index (χ2n) is 9.97. The molecule has 3 heterocycles. The fourth-order valence-corrected chi connectivity index (χ4v) is 5.16. The molecule has 2 aromatic rings. The first-order chi connectivity index (χ1) is 16.9. The zero-order valence-electron chi connectivity index (χ0n) is 20.9. The highest BCUT2D eigenvalue weighted by molar-refractivity contribution is 5.85. The molecule has 2 aromatic carbocycles.